The van der Waals surface area contributed by atoms with Crippen LogP contribution in [0.25, 0.3) is 0 Å². The number of aliphatic hydroxyl groups is 1. The summed E-state index contributed by atoms with van der Waals surface area (Å²) in [6.45, 7) is 5.93. The number of amides is 1. The molecular weight excluding hydrogens is 353 g/mol. The number of rotatable bonds is 7. The van der Waals surface area contributed by atoms with E-state index in [1.807, 2.05) is 0 Å². The van der Waals surface area contributed by atoms with Crippen molar-refractivity contribution in [2.45, 2.75) is 38.5 Å². The van der Waals surface area contributed by atoms with Gasteiger partial charge in [-0.3, -0.25) is 10.1 Å². The largest absolute Gasteiger partial charge is 0.389 e. The molecule has 0 saturated heterocycles. The van der Waals surface area contributed by atoms with Gasteiger partial charge in [0, 0.05) is 12.5 Å². The van der Waals surface area contributed by atoms with Gasteiger partial charge < -0.3 is 9.63 Å². The first-order valence-corrected chi connectivity index (χ1v) is 8.37. The Hall–Kier alpha value is -1.88. The first-order valence-electron chi connectivity index (χ1n) is 6.72. The second-order valence-electron chi connectivity index (χ2n) is 5.55. The number of halogens is 3. The quantitative estimate of drug-likeness (QED) is 0.712. The Morgan fingerprint density at radius 2 is 2.00 bits per heavy atom. The van der Waals surface area contributed by atoms with E-state index in [4.69, 9.17) is 4.52 Å². The number of alkyl halides is 3. The maximum absolute atomic E-state index is 12.0. The molecule has 1 aromatic heterocycles. The smallest absolute Gasteiger partial charge is 0.384 e. The molecule has 1 amide bonds. The second-order valence-corrected chi connectivity index (χ2v) is 7.68. The molecule has 2 N–H and O–H groups in total. The Morgan fingerprint density at radius 1 is 1.42 bits per heavy atom. The Labute approximate surface area is 136 Å². The highest BCUT2D eigenvalue weighted by atomic mass is 32.2. The number of hydrogen-bond donors (Lipinski definition) is 2. The van der Waals surface area contributed by atoms with Crippen LogP contribution in [0.3, 0.4) is 0 Å². The summed E-state index contributed by atoms with van der Waals surface area (Å²) in [7, 11) is -4.24. The minimum atomic E-state index is -4.48. The molecule has 136 valence electrons. The van der Waals surface area contributed by atoms with Gasteiger partial charge in [0.05, 0.1) is 5.75 Å². The normalized spacial score (nSPS) is 12.9. The number of nitrogens with zero attached hydrogens (tertiary/aromatic N) is 1. The van der Waals surface area contributed by atoms with Gasteiger partial charge in [-0.25, -0.2) is 8.42 Å². The summed E-state index contributed by atoms with van der Waals surface area (Å²) in [6, 6.07) is 1.18. The topological polar surface area (TPSA) is 110 Å². The van der Waals surface area contributed by atoms with Crippen LogP contribution in [-0.2, 0) is 20.2 Å². The molecule has 0 aromatic carbocycles. The molecule has 0 radical (unpaired) electrons. The van der Waals surface area contributed by atoms with E-state index in [9.17, 15) is 31.5 Å². The van der Waals surface area contributed by atoms with Gasteiger partial charge in [0.1, 0.15) is 16.2 Å². The summed E-state index contributed by atoms with van der Waals surface area (Å²) in [5, 5.41) is 15.3. The number of carbonyl (C=O) groups excluding carboxylic acids is 1. The lowest BCUT2D eigenvalue weighted by Gasteiger charge is -2.11. The van der Waals surface area contributed by atoms with E-state index >= 15 is 0 Å². The third-order valence-corrected chi connectivity index (χ3v) is 4.64. The predicted molar refractivity (Wildman–Crippen MR) is 78.6 cm³/mol. The first-order chi connectivity index (χ1) is 10.7. The summed E-state index contributed by atoms with van der Waals surface area (Å²) >= 11 is 0. The first kappa shape index (κ1) is 20.2. The number of anilines is 1. The fourth-order valence-corrected chi connectivity index (χ4v) is 2.64. The van der Waals surface area contributed by atoms with Crippen LogP contribution in [0.5, 0.6) is 0 Å². The van der Waals surface area contributed by atoms with Crippen LogP contribution in [-0.4, -0.2) is 36.5 Å². The Morgan fingerprint density at radius 3 is 2.46 bits per heavy atom. The second kappa shape index (κ2) is 6.93. The van der Waals surface area contributed by atoms with Crippen molar-refractivity contribution in [3.63, 3.8) is 0 Å². The van der Waals surface area contributed by atoms with Gasteiger partial charge in [0.15, 0.2) is 9.84 Å². The average Bonchev–Trinajstić information content (AvgIpc) is 2.84. The van der Waals surface area contributed by atoms with E-state index in [2.05, 4.69) is 17.1 Å². The molecule has 7 nitrogen and oxygen atoms in total. The van der Waals surface area contributed by atoms with E-state index in [1.54, 1.807) is 0 Å². The van der Waals surface area contributed by atoms with Crippen LogP contribution in [0.4, 0.5) is 19.1 Å². The maximum atomic E-state index is 12.0. The lowest BCUT2D eigenvalue weighted by molar-refractivity contribution is -0.134. The number of carbonyl (C=O) groups is 1. The molecule has 0 fully saturated rings. The minimum absolute atomic E-state index is 0.0939. The Bertz CT molecular complexity index is 717. The molecule has 24 heavy (non-hydrogen) atoms. The zero-order valence-electron chi connectivity index (χ0n) is 13.0. The molecule has 1 heterocycles. The molecule has 0 aliphatic rings. The fraction of sp³-hybridized carbons (Fsp3) is 0.538. The molecule has 0 bridgehead atoms. The van der Waals surface area contributed by atoms with Gasteiger partial charge in [-0.15, -0.1) is 0 Å². The van der Waals surface area contributed by atoms with Crippen molar-refractivity contribution >= 4 is 21.6 Å². The predicted octanol–water partition coefficient (Wildman–Crippen LogP) is 2.11. The summed E-state index contributed by atoms with van der Waals surface area (Å²) < 4.78 is 64.4. The molecule has 0 atom stereocenters. The Kier molecular flexibility index (Phi) is 5.82. The van der Waals surface area contributed by atoms with Crippen LogP contribution in [0.1, 0.15) is 32.4 Å². The minimum Gasteiger partial charge on any atom is -0.384 e. The third kappa shape index (κ3) is 5.96. The van der Waals surface area contributed by atoms with E-state index in [-0.39, 0.29) is 11.6 Å². The van der Waals surface area contributed by atoms with Crippen molar-refractivity contribution in [3.8, 4) is 0 Å². The van der Waals surface area contributed by atoms with Crippen molar-refractivity contribution in [3.05, 3.63) is 23.2 Å². The Balaban J connectivity index is 2.70. The highest BCUT2D eigenvalue weighted by Crippen LogP contribution is 2.24. The van der Waals surface area contributed by atoms with E-state index in [0.717, 1.165) is 0 Å². The number of sulfone groups is 1. The van der Waals surface area contributed by atoms with E-state index in [1.165, 1.54) is 19.9 Å². The summed E-state index contributed by atoms with van der Waals surface area (Å²) in [6.07, 6.45) is -6.44. The van der Waals surface area contributed by atoms with Gasteiger partial charge >= 0.3 is 6.18 Å². The molecule has 1 aromatic rings. The highest BCUT2D eigenvalue weighted by Gasteiger charge is 2.30. The molecule has 0 spiro atoms. The molecule has 0 aliphatic carbocycles. The lowest BCUT2D eigenvalue weighted by atomic mass is 10.1. The number of hydrogen-bond acceptors (Lipinski definition) is 6. The van der Waals surface area contributed by atoms with Gasteiger partial charge in [-0.1, -0.05) is 11.7 Å². The fourth-order valence-electron chi connectivity index (χ4n) is 1.53. The lowest BCUT2D eigenvalue weighted by Crippen LogP contribution is -2.22. The molecular formula is C13H17F3N2O5S. The van der Waals surface area contributed by atoms with Gasteiger partial charge in [0.25, 0.3) is 5.91 Å². The number of nitrogens with one attached hydrogen (secondary N) is 1. The van der Waals surface area contributed by atoms with Gasteiger partial charge in [0.2, 0.25) is 5.88 Å². The highest BCUT2D eigenvalue weighted by molar-refractivity contribution is 7.96. The maximum Gasteiger partial charge on any atom is 0.389 e. The summed E-state index contributed by atoms with van der Waals surface area (Å²) in [4.78, 5) is 10.9. The average molecular weight is 370 g/mol. The zero-order valence-corrected chi connectivity index (χ0v) is 13.8. The van der Waals surface area contributed by atoms with Crippen molar-refractivity contribution in [1.82, 2.24) is 5.16 Å². The summed E-state index contributed by atoms with van der Waals surface area (Å²) in [5.74, 6) is -2.24. The van der Waals surface area contributed by atoms with E-state index in [0.29, 0.717) is 0 Å². The summed E-state index contributed by atoms with van der Waals surface area (Å²) in [5.41, 5.74) is -1.25. The van der Waals surface area contributed by atoms with E-state index < -0.39 is 51.0 Å². The number of aromatic nitrogens is 1. The molecule has 0 aliphatic heterocycles. The van der Waals surface area contributed by atoms with Crippen molar-refractivity contribution in [2.75, 3.05) is 11.1 Å². The standard InChI is InChI=1S/C13H17F3N2O5S/c1-8(24(21,22)6-4-5-13(14,15)16)11(19)17-10-7-9(18-23-10)12(2,3)20/h7,20H,1,4-6H2,2-3H3,(H,17,19). The van der Waals surface area contributed by atoms with Crippen LogP contribution >= 0.6 is 0 Å². The zero-order chi connectivity index (χ0) is 18.8. The SMILES string of the molecule is C=C(C(=O)Nc1cc(C(C)(C)O)no1)S(=O)(=O)CCCC(F)(F)F. The van der Waals surface area contributed by atoms with Gasteiger partial charge in [-0.05, 0) is 20.3 Å². The third-order valence-electron chi connectivity index (χ3n) is 2.88. The van der Waals surface area contributed by atoms with Crippen molar-refractivity contribution in [2.24, 2.45) is 0 Å². The monoisotopic (exact) mass is 370 g/mol. The van der Waals surface area contributed by atoms with Crippen molar-refractivity contribution < 1.29 is 36.0 Å². The van der Waals surface area contributed by atoms with Gasteiger partial charge in [-0.2, -0.15) is 13.2 Å². The van der Waals surface area contributed by atoms with Crippen molar-refractivity contribution in [1.29, 1.82) is 0 Å². The molecule has 0 unspecified atom stereocenters. The molecule has 1 rings (SSSR count). The molecule has 11 heteroatoms. The van der Waals surface area contributed by atoms with Crippen LogP contribution in [0.15, 0.2) is 22.1 Å². The van der Waals surface area contributed by atoms with Crippen LogP contribution in [0.2, 0.25) is 0 Å². The molecule has 0 saturated carbocycles. The van der Waals surface area contributed by atoms with Crippen LogP contribution in [0, 0.1) is 0 Å². The van der Waals surface area contributed by atoms with Crippen LogP contribution < -0.4 is 5.32 Å².